The molecule has 1 unspecified atom stereocenters. The summed E-state index contributed by atoms with van der Waals surface area (Å²) >= 11 is -1.57. The summed E-state index contributed by atoms with van der Waals surface area (Å²) in [5.74, 6) is 4.72. The third-order valence-electron chi connectivity index (χ3n) is 4.69. The summed E-state index contributed by atoms with van der Waals surface area (Å²) in [5, 5.41) is 8.38. The van der Waals surface area contributed by atoms with Crippen LogP contribution >= 0.6 is 0 Å². The van der Waals surface area contributed by atoms with Gasteiger partial charge in [0, 0.05) is 29.1 Å². The summed E-state index contributed by atoms with van der Waals surface area (Å²) in [6.07, 6.45) is 4.47. The van der Waals surface area contributed by atoms with E-state index in [4.69, 9.17) is 11.1 Å². The van der Waals surface area contributed by atoms with E-state index in [2.05, 4.69) is 26.5 Å². The van der Waals surface area contributed by atoms with E-state index < -0.39 is 23.0 Å². The lowest BCUT2D eigenvalue weighted by molar-refractivity contribution is 0.599. The second kappa shape index (κ2) is 10.1. The number of hydrogen-bond acceptors (Lipinski definition) is 6. The zero-order valence-corrected chi connectivity index (χ0v) is 18.4. The number of halogens is 2. The van der Waals surface area contributed by atoms with E-state index in [1.54, 1.807) is 24.4 Å². The Morgan fingerprint density at radius 3 is 2.56 bits per heavy atom. The van der Waals surface area contributed by atoms with Crippen LogP contribution in [0.1, 0.15) is 22.3 Å². The average molecular weight is 474 g/mol. The van der Waals surface area contributed by atoms with E-state index in [9.17, 15) is 13.3 Å². The molecule has 4 N–H and O–H groups in total. The van der Waals surface area contributed by atoms with Crippen molar-refractivity contribution in [3.05, 3.63) is 113 Å². The second-order valence-electron chi connectivity index (χ2n) is 7.04. The Kier molecular flexibility index (Phi) is 6.82. The monoisotopic (exact) mass is 473 g/mol. The SMILES string of the molecule is N=C(c1ccc(F)cc1)c1cc(C#Cc2cc(N[S+]([O-])c3cccnc3)ccc2F)cnc1N. The number of anilines is 2. The predicted molar refractivity (Wildman–Crippen MR) is 128 cm³/mol. The van der Waals surface area contributed by atoms with Gasteiger partial charge in [-0.2, -0.15) is 0 Å². The molecule has 0 aliphatic carbocycles. The summed E-state index contributed by atoms with van der Waals surface area (Å²) in [7, 11) is 0. The molecule has 0 bridgehead atoms. The molecule has 0 aliphatic rings. The maximum absolute atomic E-state index is 14.3. The zero-order valence-electron chi connectivity index (χ0n) is 17.5. The number of nitrogen functional groups attached to an aromatic ring is 1. The first kappa shape index (κ1) is 22.9. The lowest BCUT2D eigenvalue weighted by Gasteiger charge is -2.11. The third-order valence-corrected chi connectivity index (χ3v) is 5.78. The Balaban J connectivity index is 1.58. The molecule has 2 aromatic heterocycles. The van der Waals surface area contributed by atoms with Gasteiger partial charge in [-0.3, -0.25) is 10.4 Å². The van der Waals surface area contributed by atoms with E-state index in [1.807, 2.05) is 0 Å². The van der Waals surface area contributed by atoms with E-state index in [1.165, 1.54) is 54.9 Å². The van der Waals surface area contributed by atoms with E-state index in [0.717, 1.165) is 0 Å². The lowest BCUT2D eigenvalue weighted by atomic mass is 10.0. The van der Waals surface area contributed by atoms with Crippen LogP contribution in [0.5, 0.6) is 0 Å². The van der Waals surface area contributed by atoms with Crippen LogP contribution in [0.4, 0.5) is 20.3 Å². The van der Waals surface area contributed by atoms with Gasteiger partial charge in [-0.15, -0.1) is 0 Å². The molecular weight excluding hydrogens is 456 g/mol. The number of rotatable bonds is 5. The van der Waals surface area contributed by atoms with Gasteiger partial charge in [0.25, 0.3) is 0 Å². The number of nitrogens with zero attached hydrogens (tertiary/aromatic N) is 2. The maximum Gasteiger partial charge on any atom is 0.198 e. The standard InChI is InChI=1S/C25H17F2N5OS/c26-19-7-5-17(6-8-19)24(28)22-12-16(14-31-25(22)29)3-4-18-13-20(9-10-23(18)27)32-34(33)21-2-1-11-30-15-21/h1-2,5-15,28,32H,(H2,29,31). The van der Waals surface area contributed by atoms with Crippen LogP contribution < -0.4 is 10.5 Å². The summed E-state index contributed by atoms with van der Waals surface area (Å²) in [6.45, 7) is 0. The van der Waals surface area contributed by atoms with Crippen molar-refractivity contribution in [2.75, 3.05) is 10.5 Å². The van der Waals surface area contributed by atoms with Crippen LogP contribution in [0, 0.1) is 28.9 Å². The number of benzene rings is 2. The van der Waals surface area contributed by atoms with Crippen molar-refractivity contribution in [2.45, 2.75) is 4.90 Å². The molecule has 34 heavy (non-hydrogen) atoms. The molecule has 2 heterocycles. The number of nitrogens with one attached hydrogen (secondary N) is 2. The van der Waals surface area contributed by atoms with Gasteiger partial charge < -0.3 is 10.3 Å². The normalized spacial score (nSPS) is 11.3. The molecule has 0 amide bonds. The summed E-state index contributed by atoms with van der Waals surface area (Å²) < 4.78 is 42.8. The van der Waals surface area contributed by atoms with Crippen LogP contribution in [-0.4, -0.2) is 20.2 Å². The van der Waals surface area contributed by atoms with Crippen LogP contribution in [0.3, 0.4) is 0 Å². The maximum atomic E-state index is 14.3. The third kappa shape index (κ3) is 5.38. The zero-order chi connectivity index (χ0) is 24.1. The summed E-state index contributed by atoms with van der Waals surface area (Å²) in [6, 6.07) is 14.5. The summed E-state index contributed by atoms with van der Waals surface area (Å²) in [4.78, 5) is 8.48. The minimum absolute atomic E-state index is 0.0592. The average Bonchev–Trinajstić information content (AvgIpc) is 2.85. The molecule has 0 fully saturated rings. The molecule has 0 saturated heterocycles. The topological polar surface area (TPSA) is 111 Å². The van der Waals surface area contributed by atoms with Gasteiger partial charge in [-0.1, -0.05) is 11.8 Å². The van der Waals surface area contributed by atoms with E-state index in [-0.39, 0.29) is 17.1 Å². The van der Waals surface area contributed by atoms with Crippen molar-refractivity contribution in [3.8, 4) is 11.8 Å². The Morgan fingerprint density at radius 2 is 1.82 bits per heavy atom. The molecule has 6 nitrogen and oxygen atoms in total. The molecule has 4 rings (SSSR count). The molecule has 0 aliphatic heterocycles. The van der Waals surface area contributed by atoms with Crippen LogP contribution in [0.2, 0.25) is 0 Å². The molecule has 168 valence electrons. The fourth-order valence-corrected chi connectivity index (χ4v) is 3.78. The summed E-state index contributed by atoms with van der Waals surface area (Å²) in [5.41, 5.74) is 7.68. The van der Waals surface area contributed by atoms with Gasteiger partial charge >= 0.3 is 0 Å². The highest BCUT2D eigenvalue weighted by Crippen LogP contribution is 2.19. The minimum atomic E-state index is -1.57. The smallest absolute Gasteiger partial charge is 0.198 e. The second-order valence-corrected chi connectivity index (χ2v) is 8.26. The Bertz CT molecular complexity index is 1400. The first-order chi connectivity index (χ1) is 16.4. The lowest BCUT2D eigenvalue weighted by Crippen LogP contribution is -2.13. The predicted octanol–water partition coefficient (Wildman–Crippen LogP) is 4.29. The van der Waals surface area contributed by atoms with Crippen LogP contribution in [-0.2, 0) is 11.4 Å². The van der Waals surface area contributed by atoms with Gasteiger partial charge in [0.05, 0.1) is 23.2 Å². The van der Waals surface area contributed by atoms with Crippen molar-refractivity contribution < 1.29 is 13.3 Å². The largest absolute Gasteiger partial charge is 0.588 e. The van der Waals surface area contributed by atoms with Gasteiger partial charge in [-0.25, -0.2) is 18.5 Å². The van der Waals surface area contributed by atoms with Crippen LogP contribution in [0.15, 0.2) is 84.1 Å². The van der Waals surface area contributed by atoms with Crippen LogP contribution in [0.25, 0.3) is 0 Å². The van der Waals surface area contributed by atoms with Gasteiger partial charge in [-0.05, 0) is 60.7 Å². The first-order valence-corrected chi connectivity index (χ1v) is 11.1. The molecule has 0 spiro atoms. The van der Waals surface area contributed by atoms with Gasteiger partial charge in [0.2, 0.25) is 0 Å². The molecule has 1 atom stereocenters. The van der Waals surface area contributed by atoms with E-state index in [0.29, 0.717) is 27.3 Å². The molecule has 9 heteroatoms. The Morgan fingerprint density at radius 1 is 1.03 bits per heavy atom. The molecule has 2 aromatic carbocycles. The molecule has 0 radical (unpaired) electrons. The van der Waals surface area contributed by atoms with Crippen molar-refractivity contribution in [2.24, 2.45) is 0 Å². The number of nitrogens with two attached hydrogens (primary N) is 1. The van der Waals surface area contributed by atoms with Gasteiger partial charge in [0.15, 0.2) is 4.90 Å². The number of pyridine rings is 2. The first-order valence-electron chi connectivity index (χ1n) is 9.91. The van der Waals surface area contributed by atoms with Crippen molar-refractivity contribution >= 4 is 28.6 Å². The highest BCUT2D eigenvalue weighted by molar-refractivity contribution is 7.92. The Hall–Kier alpha value is -4.26. The minimum Gasteiger partial charge on any atom is -0.588 e. The fraction of sp³-hybridized carbons (Fsp3) is 0. The molecule has 0 saturated carbocycles. The Labute approximate surface area is 197 Å². The fourth-order valence-electron chi connectivity index (χ4n) is 2.96. The van der Waals surface area contributed by atoms with Crippen molar-refractivity contribution in [1.82, 2.24) is 9.97 Å². The number of hydrogen-bond donors (Lipinski definition) is 3. The van der Waals surface area contributed by atoms with Gasteiger partial charge in [0.1, 0.15) is 28.8 Å². The highest BCUT2D eigenvalue weighted by atomic mass is 32.2. The van der Waals surface area contributed by atoms with Crippen molar-refractivity contribution in [3.63, 3.8) is 0 Å². The quantitative estimate of drug-likeness (QED) is 0.228. The van der Waals surface area contributed by atoms with E-state index >= 15 is 0 Å². The van der Waals surface area contributed by atoms with Crippen molar-refractivity contribution in [1.29, 1.82) is 5.41 Å². The molecular formula is C25H17F2N5OS. The molecule has 4 aromatic rings. The number of aromatic nitrogens is 2. The highest BCUT2D eigenvalue weighted by Gasteiger charge is 2.13.